The number of benzene rings is 3. The van der Waals surface area contributed by atoms with Crippen LogP contribution in [0.1, 0.15) is 21.5 Å². The smallest absolute Gasteiger partial charge is 0.336 e. The van der Waals surface area contributed by atoms with Crippen LogP contribution in [0.4, 0.5) is 13.2 Å². The largest absolute Gasteiger partial charge is 0.366 e. The van der Waals surface area contributed by atoms with Crippen molar-refractivity contribution in [1.82, 2.24) is 14.1 Å². The van der Waals surface area contributed by atoms with Gasteiger partial charge in [0, 0.05) is 22.3 Å². The van der Waals surface area contributed by atoms with E-state index in [9.17, 15) is 27.6 Å². The molecule has 0 bridgehead atoms. The third-order valence-corrected chi connectivity index (χ3v) is 6.89. The summed E-state index contributed by atoms with van der Waals surface area (Å²) in [6.07, 6.45) is 2.84. The van der Waals surface area contributed by atoms with E-state index in [4.69, 9.17) is 28.9 Å². The SMILES string of the molecule is Cc1cncc(-n2c(=O)c3c(Cl)cc(-c4cc(C(N)=O)ccc4Cl)cc3n(Cc3cc(F)c(F)c(F)c3)c2=O)c1. The average Bonchev–Trinajstić information content (AvgIpc) is 2.89. The van der Waals surface area contributed by atoms with Crippen molar-refractivity contribution in [3.05, 3.63) is 126 Å². The number of rotatable bonds is 5. The molecule has 0 atom stereocenters. The highest BCUT2D eigenvalue weighted by Crippen LogP contribution is 2.34. The molecule has 2 aromatic heterocycles. The molecule has 12 heteroatoms. The number of amides is 1. The third kappa shape index (κ3) is 4.76. The summed E-state index contributed by atoms with van der Waals surface area (Å²) in [4.78, 5) is 43.3. The summed E-state index contributed by atoms with van der Waals surface area (Å²) in [6.45, 7) is 1.26. The van der Waals surface area contributed by atoms with E-state index in [1.165, 1.54) is 42.7 Å². The first-order valence-electron chi connectivity index (χ1n) is 11.6. The van der Waals surface area contributed by atoms with Gasteiger partial charge in [-0.3, -0.25) is 19.1 Å². The fraction of sp³-hybridized carbons (Fsp3) is 0.0714. The lowest BCUT2D eigenvalue weighted by molar-refractivity contribution is 0.100. The summed E-state index contributed by atoms with van der Waals surface area (Å²) < 4.78 is 43.7. The number of fused-ring (bicyclic) bond motifs is 1. The van der Waals surface area contributed by atoms with Crippen molar-refractivity contribution in [1.29, 1.82) is 0 Å². The highest BCUT2D eigenvalue weighted by molar-refractivity contribution is 6.36. The quantitative estimate of drug-likeness (QED) is 0.280. The molecule has 0 aliphatic carbocycles. The Labute approximate surface area is 233 Å². The summed E-state index contributed by atoms with van der Waals surface area (Å²) in [5, 5.41) is 0.0607. The molecule has 2 N–H and O–H groups in total. The summed E-state index contributed by atoms with van der Waals surface area (Å²) >= 11 is 13.0. The molecule has 7 nitrogen and oxygen atoms in total. The van der Waals surface area contributed by atoms with E-state index < -0.39 is 41.2 Å². The second-order valence-corrected chi connectivity index (χ2v) is 9.83. The van der Waals surface area contributed by atoms with Gasteiger partial charge in [-0.05, 0) is 72.1 Å². The number of pyridine rings is 1. The van der Waals surface area contributed by atoms with Crippen LogP contribution in [0.25, 0.3) is 27.7 Å². The van der Waals surface area contributed by atoms with Gasteiger partial charge in [0.1, 0.15) is 0 Å². The van der Waals surface area contributed by atoms with Gasteiger partial charge in [-0.1, -0.05) is 23.2 Å². The van der Waals surface area contributed by atoms with Crippen molar-refractivity contribution in [3.63, 3.8) is 0 Å². The molecule has 5 rings (SSSR count). The molecular weight excluding hydrogens is 568 g/mol. The Kier molecular flexibility index (Phi) is 6.99. The molecule has 0 saturated carbocycles. The zero-order valence-corrected chi connectivity index (χ0v) is 22.0. The standard InChI is InChI=1S/C28H17Cl2F3N4O3/c1-13-4-17(11-35-10-13)37-27(39)24-20(30)8-16(18-7-15(26(34)38)2-3-19(18)29)9-23(24)36(28(37)40)12-14-5-21(31)25(33)22(32)6-14/h2-11H,12H2,1H3,(H2,34,38). The van der Waals surface area contributed by atoms with Crippen LogP contribution < -0.4 is 17.0 Å². The zero-order chi connectivity index (χ0) is 28.9. The van der Waals surface area contributed by atoms with Crippen molar-refractivity contribution in [2.24, 2.45) is 5.73 Å². The molecule has 0 spiro atoms. The molecule has 0 radical (unpaired) electrons. The van der Waals surface area contributed by atoms with Gasteiger partial charge >= 0.3 is 5.69 Å². The maximum atomic E-state index is 14.1. The van der Waals surface area contributed by atoms with Crippen LogP contribution in [0, 0.1) is 24.4 Å². The Balaban J connectivity index is 1.87. The number of nitrogens with two attached hydrogens (primary N) is 1. The summed E-state index contributed by atoms with van der Waals surface area (Å²) in [7, 11) is 0. The van der Waals surface area contributed by atoms with E-state index in [1.54, 1.807) is 13.0 Å². The highest BCUT2D eigenvalue weighted by atomic mass is 35.5. The van der Waals surface area contributed by atoms with Crippen LogP contribution in [0.3, 0.4) is 0 Å². The molecule has 0 saturated heterocycles. The summed E-state index contributed by atoms with van der Waals surface area (Å²) in [5.41, 5.74) is 5.26. The lowest BCUT2D eigenvalue weighted by Crippen LogP contribution is -2.39. The minimum Gasteiger partial charge on any atom is -0.366 e. The molecule has 0 fully saturated rings. The molecule has 1 amide bonds. The number of nitrogens with zero attached hydrogens (tertiary/aromatic N) is 3. The van der Waals surface area contributed by atoms with Crippen LogP contribution >= 0.6 is 23.2 Å². The van der Waals surface area contributed by atoms with Crippen molar-refractivity contribution < 1.29 is 18.0 Å². The number of carbonyl (C=O) groups excluding carboxylic acids is 1. The van der Waals surface area contributed by atoms with E-state index in [0.717, 1.165) is 21.3 Å². The third-order valence-electron chi connectivity index (χ3n) is 6.26. The van der Waals surface area contributed by atoms with Gasteiger partial charge in [0.25, 0.3) is 5.56 Å². The predicted octanol–water partition coefficient (Wildman–Crippen LogP) is 5.39. The Hall–Kier alpha value is -4.41. The number of halogens is 5. The number of hydrogen-bond donors (Lipinski definition) is 1. The number of primary amides is 1. The maximum Gasteiger partial charge on any atom is 0.336 e. The van der Waals surface area contributed by atoms with Gasteiger partial charge in [-0.2, -0.15) is 0 Å². The number of aryl methyl sites for hydroxylation is 1. The fourth-order valence-corrected chi connectivity index (χ4v) is 4.94. The second kappa shape index (κ2) is 10.3. The van der Waals surface area contributed by atoms with Gasteiger partial charge in [-0.15, -0.1) is 0 Å². The highest BCUT2D eigenvalue weighted by Gasteiger charge is 2.21. The van der Waals surface area contributed by atoms with Crippen molar-refractivity contribution in [2.75, 3.05) is 0 Å². The maximum absolute atomic E-state index is 14.1. The van der Waals surface area contributed by atoms with Crippen LogP contribution in [0.5, 0.6) is 0 Å². The molecule has 5 aromatic rings. The number of aromatic nitrogens is 3. The van der Waals surface area contributed by atoms with Crippen molar-refractivity contribution >= 4 is 40.0 Å². The lowest BCUT2D eigenvalue weighted by atomic mass is 10.0. The summed E-state index contributed by atoms with van der Waals surface area (Å²) in [6, 6.07) is 10.2. The van der Waals surface area contributed by atoms with Crippen LogP contribution in [-0.4, -0.2) is 20.0 Å². The molecule has 3 aromatic carbocycles. The minimum absolute atomic E-state index is 0.0000447. The van der Waals surface area contributed by atoms with Gasteiger partial charge in [0.15, 0.2) is 17.5 Å². The van der Waals surface area contributed by atoms with E-state index in [-0.39, 0.29) is 37.8 Å². The number of hydrogen-bond acceptors (Lipinski definition) is 4. The van der Waals surface area contributed by atoms with Crippen LogP contribution in [0.15, 0.2) is 70.5 Å². The van der Waals surface area contributed by atoms with Crippen LogP contribution in [-0.2, 0) is 6.54 Å². The van der Waals surface area contributed by atoms with Gasteiger partial charge < -0.3 is 5.73 Å². The molecule has 40 heavy (non-hydrogen) atoms. The van der Waals surface area contributed by atoms with E-state index in [2.05, 4.69) is 4.98 Å². The van der Waals surface area contributed by atoms with Crippen molar-refractivity contribution in [3.8, 4) is 16.8 Å². The average molecular weight is 585 g/mol. The van der Waals surface area contributed by atoms with Gasteiger partial charge in [-0.25, -0.2) is 22.5 Å². The normalized spacial score (nSPS) is 11.2. The lowest BCUT2D eigenvalue weighted by Gasteiger charge is -2.17. The topological polar surface area (TPSA) is 100.0 Å². The fourth-order valence-electron chi connectivity index (χ4n) is 4.42. The summed E-state index contributed by atoms with van der Waals surface area (Å²) in [5.74, 6) is -5.27. The van der Waals surface area contributed by atoms with Gasteiger partial charge in [0.05, 0.1) is 34.4 Å². The first kappa shape index (κ1) is 27.2. The first-order chi connectivity index (χ1) is 19.0. The molecule has 2 heterocycles. The molecule has 0 unspecified atom stereocenters. The molecular formula is C28H17Cl2F3N4O3. The monoisotopic (exact) mass is 584 g/mol. The van der Waals surface area contributed by atoms with Crippen LogP contribution in [0.2, 0.25) is 10.0 Å². The Morgan fingerprint density at radius 1 is 0.950 bits per heavy atom. The van der Waals surface area contributed by atoms with Crippen molar-refractivity contribution in [2.45, 2.75) is 13.5 Å². The minimum atomic E-state index is -1.66. The zero-order valence-electron chi connectivity index (χ0n) is 20.5. The molecule has 202 valence electrons. The Morgan fingerprint density at radius 2 is 1.65 bits per heavy atom. The Morgan fingerprint density at radius 3 is 2.30 bits per heavy atom. The Bertz CT molecular complexity index is 1970. The van der Waals surface area contributed by atoms with Gasteiger partial charge in [0.2, 0.25) is 5.91 Å². The van der Waals surface area contributed by atoms with E-state index in [1.807, 2.05) is 0 Å². The first-order valence-corrected chi connectivity index (χ1v) is 12.4. The second-order valence-electron chi connectivity index (χ2n) is 9.01. The van der Waals surface area contributed by atoms with E-state index in [0.29, 0.717) is 16.7 Å². The predicted molar refractivity (Wildman–Crippen MR) is 146 cm³/mol. The van der Waals surface area contributed by atoms with E-state index >= 15 is 0 Å². The molecule has 0 aliphatic rings. The molecule has 0 aliphatic heterocycles. The number of carbonyl (C=O) groups is 1.